The molecule has 5 nitrogen and oxygen atoms in total. The van der Waals surface area contributed by atoms with Crippen molar-refractivity contribution in [3.05, 3.63) is 46.6 Å². The smallest absolute Gasteiger partial charge is 0.161 e. The second kappa shape index (κ2) is 6.79. The van der Waals surface area contributed by atoms with Gasteiger partial charge >= 0.3 is 0 Å². The summed E-state index contributed by atoms with van der Waals surface area (Å²) < 4.78 is 1.89. The average molecular weight is 344 g/mol. The van der Waals surface area contributed by atoms with Crippen molar-refractivity contribution in [2.45, 2.75) is 13.8 Å². The topological polar surface area (TPSA) is 45.5 Å². The molecule has 24 heavy (non-hydrogen) atoms. The van der Waals surface area contributed by atoms with E-state index in [0.717, 1.165) is 52.1 Å². The van der Waals surface area contributed by atoms with Crippen LogP contribution in [0, 0.1) is 13.8 Å². The fourth-order valence-electron chi connectivity index (χ4n) is 2.66. The Hall–Kier alpha value is -2.11. The monoisotopic (exact) mass is 343 g/mol. The van der Waals surface area contributed by atoms with Crippen molar-refractivity contribution < 1.29 is 0 Å². The molecule has 0 unspecified atom stereocenters. The van der Waals surface area contributed by atoms with Gasteiger partial charge in [-0.2, -0.15) is 9.61 Å². The molecule has 0 bridgehead atoms. The summed E-state index contributed by atoms with van der Waals surface area (Å²) in [6.07, 6.45) is 0. The van der Waals surface area contributed by atoms with Gasteiger partial charge in [-0.25, -0.2) is 4.98 Å². The molecule has 0 atom stereocenters. The Balaban J connectivity index is 2.04. The molecule has 0 spiro atoms. The minimum absolute atomic E-state index is 0.722. The van der Waals surface area contributed by atoms with Gasteiger partial charge in [-0.1, -0.05) is 23.7 Å². The van der Waals surface area contributed by atoms with Crippen LogP contribution < -0.4 is 5.32 Å². The second-order valence-electron chi connectivity index (χ2n) is 6.23. The number of hydrogen-bond donors (Lipinski definition) is 1. The maximum atomic E-state index is 5.99. The van der Waals surface area contributed by atoms with Gasteiger partial charge in [-0.05, 0) is 40.1 Å². The van der Waals surface area contributed by atoms with Crippen LogP contribution in [0.15, 0.2) is 30.3 Å². The molecule has 3 rings (SSSR count). The number of anilines is 1. The van der Waals surface area contributed by atoms with E-state index in [4.69, 9.17) is 16.7 Å². The van der Waals surface area contributed by atoms with Gasteiger partial charge < -0.3 is 10.2 Å². The minimum atomic E-state index is 0.722. The summed E-state index contributed by atoms with van der Waals surface area (Å²) in [6, 6.07) is 9.78. The number of halogens is 1. The predicted octanol–water partition coefficient (Wildman–Crippen LogP) is 3.64. The van der Waals surface area contributed by atoms with Gasteiger partial charge in [0.15, 0.2) is 5.65 Å². The lowest BCUT2D eigenvalue weighted by atomic mass is 10.1. The van der Waals surface area contributed by atoms with Crippen molar-refractivity contribution >= 4 is 23.1 Å². The summed E-state index contributed by atoms with van der Waals surface area (Å²) >= 11 is 5.99. The Kier molecular flexibility index (Phi) is 4.73. The number of hydrogen-bond acceptors (Lipinski definition) is 4. The van der Waals surface area contributed by atoms with Crippen LogP contribution in [0.4, 0.5) is 5.82 Å². The van der Waals surface area contributed by atoms with Gasteiger partial charge in [0.1, 0.15) is 5.82 Å². The molecule has 126 valence electrons. The zero-order valence-electron chi connectivity index (χ0n) is 14.5. The van der Waals surface area contributed by atoms with Crippen molar-refractivity contribution in [1.29, 1.82) is 0 Å². The van der Waals surface area contributed by atoms with Crippen LogP contribution in [0.5, 0.6) is 0 Å². The van der Waals surface area contributed by atoms with Gasteiger partial charge in [-0.3, -0.25) is 0 Å². The van der Waals surface area contributed by atoms with Crippen molar-refractivity contribution in [3.63, 3.8) is 0 Å². The average Bonchev–Trinajstić information content (AvgIpc) is 2.85. The van der Waals surface area contributed by atoms with E-state index in [1.807, 2.05) is 41.8 Å². The van der Waals surface area contributed by atoms with E-state index >= 15 is 0 Å². The van der Waals surface area contributed by atoms with E-state index in [9.17, 15) is 0 Å². The summed E-state index contributed by atoms with van der Waals surface area (Å²) in [7, 11) is 4.12. The third kappa shape index (κ3) is 3.37. The summed E-state index contributed by atoms with van der Waals surface area (Å²) in [5.74, 6) is 0.961. The molecular formula is C18H22ClN5. The lowest BCUT2D eigenvalue weighted by Crippen LogP contribution is -2.21. The number of aromatic nitrogens is 3. The number of rotatable bonds is 5. The van der Waals surface area contributed by atoms with Crippen LogP contribution in [0.1, 0.15) is 11.3 Å². The second-order valence-corrected chi connectivity index (χ2v) is 6.67. The molecular weight excluding hydrogens is 322 g/mol. The van der Waals surface area contributed by atoms with Crippen molar-refractivity contribution in [2.24, 2.45) is 0 Å². The fraction of sp³-hybridized carbons (Fsp3) is 0.333. The van der Waals surface area contributed by atoms with E-state index in [-0.39, 0.29) is 0 Å². The zero-order valence-corrected chi connectivity index (χ0v) is 15.2. The van der Waals surface area contributed by atoms with Gasteiger partial charge in [0.05, 0.1) is 5.69 Å². The Bertz CT molecular complexity index is 852. The minimum Gasteiger partial charge on any atom is -0.369 e. The first-order chi connectivity index (χ1) is 11.5. The molecule has 0 saturated carbocycles. The van der Waals surface area contributed by atoms with E-state index in [0.29, 0.717) is 0 Å². The Morgan fingerprint density at radius 2 is 1.88 bits per heavy atom. The van der Waals surface area contributed by atoms with E-state index in [2.05, 4.69) is 36.2 Å². The van der Waals surface area contributed by atoms with Crippen molar-refractivity contribution in [2.75, 3.05) is 32.5 Å². The fourth-order valence-corrected chi connectivity index (χ4v) is 2.79. The van der Waals surface area contributed by atoms with Gasteiger partial charge in [0.2, 0.25) is 0 Å². The third-order valence-corrected chi connectivity index (χ3v) is 4.18. The lowest BCUT2D eigenvalue weighted by Gasteiger charge is -2.12. The molecule has 2 aromatic heterocycles. The van der Waals surface area contributed by atoms with Crippen molar-refractivity contribution in [1.82, 2.24) is 19.5 Å². The molecule has 2 heterocycles. The first-order valence-corrected chi connectivity index (χ1v) is 8.35. The van der Waals surface area contributed by atoms with Crippen LogP contribution in [0.3, 0.4) is 0 Å². The lowest BCUT2D eigenvalue weighted by molar-refractivity contribution is 0.425. The number of aryl methyl sites for hydroxylation is 2. The summed E-state index contributed by atoms with van der Waals surface area (Å²) in [5, 5.41) is 8.97. The normalized spacial score (nSPS) is 11.4. The SMILES string of the molecule is Cc1cc(NCCN(C)C)n2nc(-c3ccc(Cl)cc3)c(C)c2n1. The summed E-state index contributed by atoms with van der Waals surface area (Å²) in [4.78, 5) is 6.81. The van der Waals surface area contributed by atoms with Crippen LogP contribution >= 0.6 is 11.6 Å². The highest BCUT2D eigenvalue weighted by atomic mass is 35.5. The number of likely N-dealkylation sites (N-methyl/N-ethyl adjacent to an activating group) is 1. The number of nitrogens with one attached hydrogen (secondary N) is 1. The van der Waals surface area contributed by atoms with Gasteiger partial charge in [0, 0.05) is 41.0 Å². The highest BCUT2D eigenvalue weighted by Gasteiger charge is 2.15. The molecule has 1 aromatic carbocycles. The Labute approximate surface area is 147 Å². The number of nitrogens with zero attached hydrogens (tertiary/aromatic N) is 4. The van der Waals surface area contributed by atoms with Crippen LogP contribution in [-0.2, 0) is 0 Å². The van der Waals surface area contributed by atoms with Crippen LogP contribution in [0.2, 0.25) is 5.02 Å². The highest BCUT2D eigenvalue weighted by molar-refractivity contribution is 6.30. The molecule has 0 aliphatic rings. The summed E-state index contributed by atoms with van der Waals surface area (Å²) in [6.45, 7) is 5.86. The molecule has 6 heteroatoms. The molecule has 0 fully saturated rings. The maximum absolute atomic E-state index is 5.99. The van der Waals surface area contributed by atoms with Gasteiger partial charge in [0.25, 0.3) is 0 Å². The predicted molar refractivity (Wildman–Crippen MR) is 100.0 cm³/mol. The van der Waals surface area contributed by atoms with Crippen molar-refractivity contribution in [3.8, 4) is 11.3 Å². The highest BCUT2D eigenvalue weighted by Crippen LogP contribution is 2.27. The molecule has 0 amide bonds. The van der Waals surface area contributed by atoms with E-state index < -0.39 is 0 Å². The first-order valence-electron chi connectivity index (χ1n) is 7.97. The zero-order chi connectivity index (χ0) is 17.3. The molecule has 1 N–H and O–H groups in total. The third-order valence-electron chi connectivity index (χ3n) is 3.93. The Morgan fingerprint density at radius 1 is 1.17 bits per heavy atom. The van der Waals surface area contributed by atoms with Gasteiger partial charge in [-0.15, -0.1) is 0 Å². The largest absolute Gasteiger partial charge is 0.369 e. The molecule has 3 aromatic rings. The number of benzene rings is 1. The number of fused-ring (bicyclic) bond motifs is 1. The van der Waals surface area contributed by atoms with E-state index in [1.54, 1.807) is 0 Å². The van der Waals surface area contributed by atoms with Crippen LogP contribution in [0.25, 0.3) is 16.9 Å². The molecule has 0 radical (unpaired) electrons. The standard InChI is InChI=1S/C18H22ClN5/c1-12-11-16(20-9-10-23(3)4)24-18(21-12)13(2)17(22-24)14-5-7-15(19)8-6-14/h5-8,11,20H,9-10H2,1-4H3. The first kappa shape index (κ1) is 16.7. The Morgan fingerprint density at radius 3 is 2.54 bits per heavy atom. The molecule has 0 aliphatic heterocycles. The summed E-state index contributed by atoms with van der Waals surface area (Å²) in [5.41, 5.74) is 4.89. The van der Waals surface area contributed by atoms with Crippen LogP contribution in [-0.4, -0.2) is 46.7 Å². The molecule has 0 saturated heterocycles. The maximum Gasteiger partial charge on any atom is 0.161 e. The quantitative estimate of drug-likeness (QED) is 0.768. The molecule has 0 aliphatic carbocycles. The van der Waals surface area contributed by atoms with E-state index in [1.165, 1.54) is 0 Å².